The number of ether oxygens (including phenoxy) is 1. The van der Waals surface area contributed by atoms with Crippen LogP contribution in [0.15, 0.2) is 48.5 Å². The number of esters is 1. The van der Waals surface area contributed by atoms with E-state index in [1.165, 1.54) is 26.0 Å². The number of benzene rings is 2. The maximum atomic E-state index is 13.7. The van der Waals surface area contributed by atoms with Gasteiger partial charge in [0.15, 0.2) is 11.9 Å². The fourth-order valence-corrected chi connectivity index (χ4v) is 3.39. The molecule has 3 rings (SSSR count). The second kappa shape index (κ2) is 7.67. The first kappa shape index (κ1) is 18.7. The minimum atomic E-state index is -1.04. The van der Waals surface area contributed by atoms with Crippen molar-refractivity contribution < 1.29 is 23.5 Å². The first-order valence-electron chi connectivity index (χ1n) is 8.16. The van der Waals surface area contributed by atoms with E-state index in [9.17, 15) is 18.8 Å². The monoisotopic (exact) mass is 385 g/mol. The van der Waals surface area contributed by atoms with Gasteiger partial charge in [-0.1, -0.05) is 6.07 Å². The number of hydrogen-bond donors (Lipinski definition) is 1. The summed E-state index contributed by atoms with van der Waals surface area (Å²) in [7, 11) is 0. The first-order valence-corrected chi connectivity index (χ1v) is 8.97. The second-order valence-corrected chi connectivity index (χ2v) is 7.02. The van der Waals surface area contributed by atoms with Crippen LogP contribution in [0.5, 0.6) is 0 Å². The summed E-state index contributed by atoms with van der Waals surface area (Å²) in [5.41, 5.74) is 1.02. The third-order valence-electron chi connectivity index (χ3n) is 3.92. The minimum absolute atomic E-state index is 0.0741. The molecule has 3 aromatic rings. The average Bonchev–Trinajstić information content (AvgIpc) is 3.08. The van der Waals surface area contributed by atoms with Crippen molar-refractivity contribution in [1.29, 1.82) is 0 Å². The van der Waals surface area contributed by atoms with Gasteiger partial charge in [0.05, 0.1) is 0 Å². The van der Waals surface area contributed by atoms with Crippen LogP contribution in [0.1, 0.15) is 33.9 Å². The van der Waals surface area contributed by atoms with E-state index in [2.05, 4.69) is 5.32 Å². The maximum Gasteiger partial charge on any atom is 0.349 e. The Morgan fingerprint density at radius 3 is 2.44 bits per heavy atom. The third-order valence-corrected chi connectivity index (χ3v) is 5.00. The van der Waals surface area contributed by atoms with Crippen molar-refractivity contribution >= 4 is 44.8 Å². The number of hydrogen-bond acceptors (Lipinski definition) is 5. The van der Waals surface area contributed by atoms with E-state index in [0.717, 1.165) is 11.3 Å². The smallest absolute Gasteiger partial charge is 0.349 e. The molecule has 0 saturated carbocycles. The standard InChI is InChI=1S/C20H16FNO4S/c1-11(23)13-6-8-14(9-7-13)22-19(24)12(2)26-20(25)18-10-15-16(21)4-3-5-17(15)27-18/h3-10,12H,1-2H3,(H,22,24)/t12-/m1/s1. The zero-order valence-electron chi connectivity index (χ0n) is 14.6. The molecule has 0 bridgehead atoms. The summed E-state index contributed by atoms with van der Waals surface area (Å²) in [6.07, 6.45) is -1.04. The highest BCUT2D eigenvalue weighted by Crippen LogP contribution is 2.28. The summed E-state index contributed by atoms with van der Waals surface area (Å²) in [6.45, 7) is 2.90. The van der Waals surface area contributed by atoms with Crippen LogP contribution in [0.3, 0.4) is 0 Å². The van der Waals surface area contributed by atoms with Crippen molar-refractivity contribution in [3.8, 4) is 0 Å². The van der Waals surface area contributed by atoms with Crippen molar-refractivity contribution in [3.05, 3.63) is 64.8 Å². The molecule has 0 saturated heterocycles. The highest BCUT2D eigenvalue weighted by Gasteiger charge is 2.21. The van der Waals surface area contributed by atoms with Gasteiger partial charge in [0.25, 0.3) is 5.91 Å². The normalized spacial score (nSPS) is 11.8. The molecule has 138 valence electrons. The van der Waals surface area contributed by atoms with Gasteiger partial charge in [0.1, 0.15) is 10.7 Å². The number of halogens is 1. The van der Waals surface area contributed by atoms with Crippen LogP contribution < -0.4 is 5.32 Å². The average molecular weight is 385 g/mol. The molecular formula is C20H16FNO4S. The molecule has 0 spiro atoms. The summed E-state index contributed by atoms with van der Waals surface area (Å²) in [4.78, 5) is 36.0. The molecule has 5 nitrogen and oxygen atoms in total. The molecule has 0 aliphatic rings. The van der Waals surface area contributed by atoms with Crippen LogP contribution in [-0.2, 0) is 9.53 Å². The number of fused-ring (bicyclic) bond motifs is 1. The van der Waals surface area contributed by atoms with Crippen molar-refractivity contribution in [1.82, 2.24) is 0 Å². The Bertz CT molecular complexity index is 1030. The topological polar surface area (TPSA) is 72.5 Å². The van der Waals surface area contributed by atoms with E-state index < -0.39 is 23.8 Å². The number of carbonyl (C=O) groups excluding carboxylic acids is 3. The number of carbonyl (C=O) groups is 3. The lowest BCUT2D eigenvalue weighted by Gasteiger charge is -2.13. The van der Waals surface area contributed by atoms with Gasteiger partial charge in [-0.3, -0.25) is 9.59 Å². The molecule has 1 N–H and O–H groups in total. The molecule has 0 aliphatic heterocycles. The van der Waals surface area contributed by atoms with Gasteiger partial charge in [0, 0.05) is 21.3 Å². The van der Waals surface area contributed by atoms with Crippen LogP contribution in [0.4, 0.5) is 10.1 Å². The minimum Gasteiger partial charge on any atom is -0.448 e. The number of thiophene rings is 1. The fourth-order valence-electron chi connectivity index (χ4n) is 2.43. The Kier molecular flexibility index (Phi) is 5.32. The Hall–Kier alpha value is -3.06. The number of ketones is 1. The van der Waals surface area contributed by atoms with Crippen LogP contribution in [-0.4, -0.2) is 23.8 Å². The fraction of sp³-hybridized carbons (Fsp3) is 0.150. The molecule has 7 heteroatoms. The molecule has 1 atom stereocenters. The Morgan fingerprint density at radius 2 is 1.81 bits per heavy atom. The van der Waals surface area contributed by atoms with Gasteiger partial charge in [-0.2, -0.15) is 0 Å². The number of Topliss-reactive ketones (excluding diaryl/α,β-unsaturated/α-hetero) is 1. The van der Waals surface area contributed by atoms with Gasteiger partial charge in [-0.25, -0.2) is 9.18 Å². The first-order chi connectivity index (χ1) is 12.8. The Balaban J connectivity index is 1.65. The summed E-state index contributed by atoms with van der Waals surface area (Å²) in [5, 5.41) is 2.96. The van der Waals surface area contributed by atoms with Gasteiger partial charge in [-0.15, -0.1) is 11.3 Å². The van der Waals surface area contributed by atoms with Crippen molar-refractivity contribution in [2.45, 2.75) is 20.0 Å². The van der Waals surface area contributed by atoms with E-state index in [1.807, 2.05) is 0 Å². The molecule has 1 aromatic heterocycles. The van der Waals surface area contributed by atoms with Crippen LogP contribution in [0.25, 0.3) is 10.1 Å². The van der Waals surface area contributed by atoms with E-state index in [0.29, 0.717) is 21.3 Å². The van der Waals surface area contributed by atoms with Gasteiger partial charge >= 0.3 is 5.97 Å². The number of rotatable bonds is 5. The van der Waals surface area contributed by atoms with Crippen LogP contribution in [0.2, 0.25) is 0 Å². The van der Waals surface area contributed by atoms with Crippen LogP contribution >= 0.6 is 11.3 Å². The number of anilines is 1. The predicted molar refractivity (Wildman–Crippen MR) is 102 cm³/mol. The van der Waals surface area contributed by atoms with Crippen molar-refractivity contribution in [2.24, 2.45) is 0 Å². The number of amides is 1. The molecule has 27 heavy (non-hydrogen) atoms. The summed E-state index contributed by atoms with van der Waals surface area (Å²) in [6, 6.07) is 12.4. The van der Waals surface area contributed by atoms with Crippen molar-refractivity contribution in [3.63, 3.8) is 0 Å². The molecule has 0 radical (unpaired) electrons. The van der Waals surface area contributed by atoms with E-state index >= 15 is 0 Å². The number of nitrogens with one attached hydrogen (secondary N) is 1. The molecule has 0 aliphatic carbocycles. The zero-order valence-corrected chi connectivity index (χ0v) is 15.4. The molecule has 2 aromatic carbocycles. The van der Waals surface area contributed by atoms with E-state index in [-0.39, 0.29) is 10.7 Å². The SMILES string of the molecule is CC(=O)c1ccc(NC(=O)[C@@H](C)OC(=O)c2cc3c(F)cccc3s2)cc1. The largest absolute Gasteiger partial charge is 0.448 e. The lowest BCUT2D eigenvalue weighted by molar-refractivity contribution is -0.123. The van der Waals surface area contributed by atoms with Gasteiger partial charge in [-0.05, 0) is 56.3 Å². The van der Waals surface area contributed by atoms with Crippen molar-refractivity contribution in [2.75, 3.05) is 5.32 Å². The Labute approximate surface area is 158 Å². The molecule has 0 fully saturated rings. The second-order valence-electron chi connectivity index (χ2n) is 5.93. The van der Waals surface area contributed by atoms with E-state index in [1.54, 1.807) is 36.4 Å². The van der Waals surface area contributed by atoms with Gasteiger partial charge in [0.2, 0.25) is 0 Å². The summed E-state index contributed by atoms with van der Waals surface area (Å²) >= 11 is 1.10. The maximum absolute atomic E-state index is 13.7. The summed E-state index contributed by atoms with van der Waals surface area (Å²) < 4.78 is 19.6. The van der Waals surface area contributed by atoms with Gasteiger partial charge < -0.3 is 10.1 Å². The molecule has 1 heterocycles. The molecular weight excluding hydrogens is 369 g/mol. The highest BCUT2D eigenvalue weighted by molar-refractivity contribution is 7.20. The Morgan fingerprint density at radius 1 is 1.11 bits per heavy atom. The van der Waals surface area contributed by atoms with Crippen LogP contribution in [0, 0.1) is 5.82 Å². The lowest BCUT2D eigenvalue weighted by Crippen LogP contribution is -2.29. The summed E-state index contributed by atoms with van der Waals surface area (Å²) in [5.74, 6) is -1.69. The molecule has 0 unspecified atom stereocenters. The molecule has 1 amide bonds. The highest BCUT2D eigenvalue weighted by atomic mass is 32.1. The quantitative estimate of drug-likeness (QED) is 0.521. The predicted octanol–water partition coefficient (Wildman–Crippen LogP) is 4.43. The third kappa shape index (κ3) is 4.20. The zero-order chi connectivity index (χ0) is 19.6. The lowest BCUT2D eigenvalue weighted by atomic mass is 10.1. The van der Waals surface area contributed by atoms with E-state index in [4.69, 9.17) is 4.74 Å².